The SMILES string of the molecule is O=c1n(Cc2cccc(F)c2)ccn1-c1ccc(Br)cc1. The van der Waals surface area contributed by atoms with Crippen LogP contribution < -0.4 is 5.69 Å². The lowest BCUT2D eigenvalue weighted by atomic mass is 10.2. The Labute approximate surface area is 129 Å². The average molecular weight is 347 g/mol. The maximum atomic E-state index is 13.2. The third-order valence-corrected chi connectivity index (χ3v) is 3.72. The monoisotopic (exact) mass is 346 g/mol. The lowest BCUT2D eigenvalue weighted by Gasteiger charge is -2.03. The molecule has 0 bridgehead atoms. The summed E-state index contributed by atoms with van der Waals surface area (Å²) in [5.74, 6) is -0.298. The average Bonchev–Trinajstić information content (AvgIpc) is 2.81. The van der Waals surface area contributed by atoms with Gasteiger partial charge in [0.05, 0.1) is 12.2 Å². The summed E-state index contributed by atoms with van der Waals surface area (Å²) >= 11 is 3.36. The van der Waals surface area contributed by atoms with Gasteiger partial charge in [0.1, 0.15) is 5.82 Å². The molecular formula is C16H12BrFN2O. The van der Waals surface area contributed by atoms with E-state index < -0.39 is 0 Å². The van der Waals surface area contributed by atoms with Crippen LogP contribution in [0.1, 0.15) is 5.56 Å². The zero-order chi connectivity index (χ0) is 14.8. The fourth-order valence-corrected chi connectivity index (χ4v) is 2.43. The summed E-state index contributed by atoms with van der Waals surface area (Å²) in [6, 6.07) is 13.7. The molecule has 3 aromatic rings. The number of benzene rings is 2. The van der Waals surface area contributed by atoms with Crippen molar-refractivity contribution in [3.05, 3.63) is 87.3 Å². The van der Waals surface area contributed by atoms with Gasteiger partial charge in [0.2, 0.25) is 0 Å². The van der Waals surface area contributed by atoms with E-state index in [1.807, 2.05) is 24.3 Å². The second-order valence-electron chi connectivity index (χ2n) is 4.68. The largest absolute Gasteiger partial charge is 0.333 e. The fraction of sp³-hybridized carbons (Fsp3) is 0.0625. The molecule has 106 valence electrons. The molecule has 0 atom stereocenters. The Kier molecular flexibility index (Phi) is 3.75. The Morgan fingerprint density at radius 2 is 1.81 bits per heavy atom. The van der Waals surface area contributed by atoms with Gasteiger partial charge in [0.25, 0.3) is 0 Å². The topological polar surface area (TPSA) is 26.9 Å². The van der Waals surface area contributed by atoms with E-state index in [0.29, 0.717) is 6.54 Å². The Bertz CT molecular complexity index is 821. The highest BCUT2D eigenvalue weighted by molar-refractivity contribution is 9.10. The fourth-order valence-electron chi connectivity index (χ4n) is 2.16. The molecule has 0 saturated heterocycles. The van der Waals surface area contributed by atoms with Gasteiger partial charge < -0.3 is 0 Å². The minimum atomic E-state index is -0.298. The molecule has 3 nitrogen and oxygen atoms in total. The van der Waals surface area contributed by atoms with Crippen molar-refractivity contribution in [1.82, 2.24) is 9.13 Å². The van der Waals surface area contributed by atoms with Crippen LogP contribution >= 0.6 is 15.9 Å². The normalized spacial score (nSPS) is 10.8. The number of nitrogens with zero attached hydrogens (tertiary/aromatic N) is 2. The molecular weight excluding hydrogens is 335 g/mol. The van der Waals surface area contributed by atoms with Crippen LogP contribution in [-0.2, 0) is 6.54 Å². The number of halogens is 2. The summed E-state index contributed by atoms with van der Waals surface area (Å²) in [4.78, 5) is 12.4. The first-order valence-electron chi connectivity index (χ1n) is 6.42. The molecule has 5 heteroatoms. The van der Waals surface area contributed by atoms with E-state index in [-0.39, 0.29) is 11.5 Å². The summed E-state index contributed by atoms with van der Waals surface area (Å²) in [5.41, 5.74) is 1.40. The van der Waals surface area contributed by atoms with Gasteiger partial charge in [-0.1, -0.05) is 28.1 Å². The van der Waals surface area contributed by atoms with E-state index in [0.717, 1.165) is 15.7 Å². The highest BCUT2D eigenvalue weighted by atomic mass is 79.9. The van der Waals surface area contributed by atoms with Crippen LogP contribution in [-0.4, -0.2) is 9.13 Å². The van der Waals surface area contributed by atoms with E-state index in [4.69, 9.17) is 0 Å². The highest BCUT2D eigenvalue weighted by Gasteiger charge is 2.06. The number of imidazole rings is 1. The van der Waals surface area contributed by atoms with Crippen LogP contribution in [0.5, 0.6) is 0 Å². The smallest absolute Gasteiger partial charge is 0.294 e. The summed E-state index contributed by atoms with van der Waals surface area (Å²) in [6.45, 7) is 0.347. The maximum absolute atomic E-state index is 13.2. The third kappa shape index (κ3) is 2.97. The van der Waals surface area contributed by atoms with Crippen LogP contribution in [0, 0.1) is 5.82 Å². The zero-order valence-electron chi connectivity index (χ0n) is 11.0. The van der Waals surface area contributed by atoms with Gasteiger partial charge in [0.15, 0.2) is 0 Å². The van der Waals surface area contributed by atoms with Crippen LogP contribution in [0.4, 0.5) is 4.39 Å². The van der Waals surface area contributed by atoms with E-state index in [9.17, 15) is 9.18 Å². The molecule has 0 unspecified atom stereocenters. The van der Waals surface area contributed by atoms with E-state index in [1.54, 1.807) is 33.7 Å². The minimum absolute atomic E-state index is 0.151. The minimum Gasteiger partial charge on any atom is -0.294 e. The summed E-state index contributed by atoms with van der Waals surface area (Å²) in [5, 5.41) is 0. The molecule has 0 N–H and O–H groups in total. The second-order valence-corrected chi connectivity index (χ2v) is 5.60. The summed E-state index contributed by atoms with van der Waals surface area (Å²) in [7, 11) is 0. The first-order chi connectivity index (χ1) is 10.1. The van der Waals surface area contributed by atoms with Gasteiger partial charge >= 0.3 is 5.69 Å². The van der Waals surface area contributed by atoms with Crippen molar-refractivity contribution in [3.8, 4) is 5.69 Å². The van der Waals surface area contributed by atoms with E-state index >= 15 is 0 Å². The molecule has 0 saturated carbocycles. The molecule has 0 amide bonds. The zero-order valence-corrected chi connectivity index (χ0v) is 12.6. The van der Waals surface area contributed by atoms with Crippen molar-refractivity contribution in [1.29, 1.82) is 0 Å². The highest BCUT2D eigenvalue weighted by Crippen LogP contribution is 2.13. The quantitative estimate of drug-likeness (QED) is 0.711. The molecule has 21 heavy (non-hydrogen) atoms. The molecule has 1 aromatic heterocycles. The predicted molar refractivity (Wildman–Crippen MR) is 83.2 cm³/mol. The lowest BCUT2D eigenvalue weighted by Crippen LogP contribution is -2.23. The molecule has 2 aromatic carbocycles. The molecule has 0 fully saturated rings. The van der Waals surface area contributed by atoms with E-state index in [2.05, 4.69) is 15.9 Å². The molecule has 0 aliphatic heterocycles. The van der Waals surface area contributed by atoms with Gasteiger partial charge in [-0.3, -0.25) is 9.13 Å². The van der Waals surface area contributed by atoms with Crippen molar-refractivity contribution in [2.75, 3.05) is 0 Å². The van der Waals surface area contributed by atoms with Crippen molar-refractivity contribution >= 4 is 15.9 Å². The van der Waals surface area contributed by atoms with Crippen LogP contribution in [0.25, 0.3) is 5.69 Å². The van der Waals surface area contributed by atoms with Gasteiger partial charge in [0, 0.05) is 16.9 Å². The molecule has 0 spiro atoms. The van der Waals surface area contributed by atoms with Crippen LogP contribution in [0.2, 0.25) is 0 Å². The van der Waals surface area contributed by atoms with E-state index in [1.165, 1.54) is 12.1 Å². The Hall–Kier alpha value is -2.14. The molecule has 1 heterocycles. The Balaban J connectivity index is 1.92. The first kappa shape index (κ1) is 13.8. The molecule has 3 rings (SSSR count). The predicted octanol–water partition coefficient (Wildman–Crippen LogP) is 3.59. The van der Waals surface area contributed by atoms with Gasteiger partial charge in [-0.05, 0) is 42.0 Å². The molecule has 0 aliphatic carbocycles. The molecule has 0 radical (unpaired) electrons. The van der Waals surface area contributed by atoms with Crippen molar-refractivity contribution < 1.29 is 4.39 Å². The van der Waals surface area contributed by atoms with Crippen LogP contribution in [0.15, 0.2) is 70.2 Å². The van der Waals surface area contributed by atoms with Gasteiger partial charge in [-0.2, -0.15) is 0 Å². The number of aromatic nitrogens is 2. The van der Waals surface area contributed by atoms with Crippen LogP contribution in [0.3, 0.4) is 0 Å². The van der Waals surface area contributed by atoms with Crippen molar-refractivity contribution in [2.45, 2.75) is 6.54 Å². The summed E-state index contributed by atoms with van der Waals surface area (Å²) in [6.07, 6.45) is 3.42. The maximum Gasteiger partial charge on any atom is 0.333 e. The van der Waals surface area contributed by atoms with Crippen molar-refractivity contribution in [2.24, 2.45) is 0 Å². The first-order valence-corrected chi connectivity index (χ1v) is 7.21. The number of hydrogen-bond acceptors (Lipinski definition) is 1. The lowest BCUT2D eigenvalue weighted by molar-refractivity contribution is 0.622. The molecule has 0 aliphatic rings. The summed E-state index contributed by atoms with van der Waals surface area (Å²) < 4.78 is 17.3. The van der Waals surface area contributed by atoms with Gasteiger partial charge in [-0.25, -0.2) is 9.18 Å². The Morgan fingerprint density at radius 1 is 1.05 bits per heavy atom. The standard InChI is InChI=1S/C16H12BrFN2O/c17-13-4-6-15(7-5-13)20-9-8-19(16(20)21)11-12-2-1-3-14(18)10-12/h1-10H,11H2. The van der Waals surface area contributed by atoms with Crippen molar-refractivity contribution in [3.63, 3.8) is 0 Å². The number of hydrogen-bond donors (Lipinski definition) is 0. The Morgan fingerprint density at radius 3 is 2.52 bits per heavy atom. The second kappa shape index (κ2) is 5.69. The number of rotatable bonds is 3. The third-order valence-electron chi connectivity index (χ3n) is 3.19. The van der Waals surface area contributed by atoms with Gasteiger partial charge in [-0.15, -0.1) is 0 Å².